The van der Waals surface area contributed by atoms with Crippen molar-refractivity contribution in [3.05, 3.63) is 23.9 Å². The van der Waals surface area contributed by atoms with E-state index in [0.29, 0.717) is 45.3 Å². The standard InChI is InChI=1S/C20H31F3N6O.HI/c1-15-14-29(10-11-30-15)18-5-4-17(12-25-18)13-26-19(24-3)28-8-6-27(7-9-28)16(2)20(21,22)23;/h4-5,12,15-16H,6-11,13-14H2,1-3H3,(H,24,26);1H. The molecule has 0 saturated carbocycles. The molecule has 176 valence electrons. The van der Waals surface area contributed by atoms with Crippen molar-refractivity contribution in [2.75, 3.05) is 57.8 Å². The lowest BCUT2D eigenvalue weighted by Crippen LogP contribution is -2.56. The Morgan fingerprint density at radius 1 is 1.26 bits per heavy atom. The molecule has 2 aliphatic heterocycles. The Morgan fingerprint density at radius 3 is 2.52 bits per heavy atom. The molecule has 3 rings (SSSR count). The number of nitrogens with zero attached hydrogens (tertiary/aromatic N) is 5. The first-order chi connectivity index (χ1) is 14.3. The number of aliphatic imine (C=N–C) groups is 1. The minimum absolute atomic E-state index is 0. The first-order valence-corrected chi connectivity index (χ1v) is 10.4. The quantitative estimate of drug-likeness (QED) is 0.350. The van der Waals surface area contributed by atoms with Crippen LogP contribution < -0.4 is 10.2 Å². The number of halogens is 4. The zero-order chi connectivity index (χ0) is 21.7. The van der Waals surface area contributed by atoms with Crippen molar-refractivity contribution in [2.45, 2.75) is 38.7 Å². The average molecular weight is 556 g/mol. The summed E-state index contributed by atoms with van der Waals surface area (Å²) in [6.07, 6.45) is -2.15. The number of guanidine groups is 1. The van der Waals surface area contributed by atoms with Gasteiger partial charge in [0.2, 0.25) is 0 Å². The lowest BCUT2D eigenvalue weighted by atomic mass is 10.2. The second-order valence-electron chi connectivity index (χ2n) is 7.79. The highest BCUT2D eigenvalue weighted by atomic mass is 127. The minimum Gasteiger partial charge on any atom is -0.375 e. The van der Waals surface area contributed by atoms with Crippen molar-refractivity contribution in [1.82, 2.24) is 20.1 Å². The van der Waals surface area contributed by atoms with E-state index in [1.54, 1.807) is 7.05 Å². The second kappa shape index (κ2) is 11.5. The largest absolute Gasteiger partial charge is 0.403 e. The maximum Gasteiger partial charge on any atom is 0.403 e. The highest BCUT2D eigenvalue weighted by Crippen LogP contribution is 2.25. The van der Waals surface area contributed by atoms with E-state index in [-0.39, 0.29) is 30.1 Å². The fourth-order valence-corrected chi connectivity index (χ4v) is 3.78. The number of rotatable bonds is 4. The van der Waals surface area contributed by atoms with Gasteiger partial charge in [0.25, 0.3) is 0 Å². The van der Waals surface area contributed by atoms with Gasteiger partial charge in [-0.25, -0.2) is 4.98 Å². The van der Waals surface area contributed by atoms with E-state index >= 15 is 0 Å². The Kier molecular flexibility index (Phi) is 9.62. The van der Waals surface area contributed by atoms with Gasteiger partial charge in [-0.2, -0.15) is 13.2 Å². The van der Waals surface area contributed by atoms with Gasteiger partial charge in [0, 0.05) is 59.1 Å². The van der Waals surface area contributed by atoms with E-state index in [1.165, 1.54) is 11.8 Å². The van der Waals surface area contributed by atoms with Gasteiger partial charge in [0.1, 0.15) is 11.9 Å². The molecular formula is C20H32F3IN6O. The minimum atomic E-state index is -4.19. The summed E-state index contributed by atoms with van der Waals surface area (Å²) in [6.45, 7) is 7.92. The predicted molar refractivity (Wildman–Crippen MR) is 126 cm³/mol. The van der Waals surface area contributed by atoms with E-state index in [2.05, 4.69) is 27.1 Å². The molecule has 0 bridgehead atoms. The normalized spacial score (nSPS) is 22.1. The fourth-order valence-electron chi connectivity index (χ4n) is 3.78. The smallest absolute Gasteiger partial charge is 0.375 e. The van der Waals surface area contributed by atoms with Crippen LogP contribution in [0.25, 0.3) is 0 Å². The third-order valence-electron chi connectivity index (χ3n) is 5.67. The molecule has 1 N–H and O–H groups in total. The number of alkyl halides is 3. The summed E-state index contributed by atoms with van der Waals surface area (Å²) >= 11 is 0. The summed E-state index contributed by atoms with van der Waals surface area (Å²) in [5, 5.41) is 3.30. The monoisotopic (exact) mass is 556 g/mol. The van der Waals surface area contributed by atoms with Crippen molar-refractivity contribution in [2.24, 2.45) is 4.99 Å². The van der Waals surface area contributed by atoms with E-state index in [9.17, 15) is 13.2 Å². The fraction of sp³-hybridized carbons (Fsp3) is 0.700. The Balaban J connectivity index is 0.00000341. The van der Waals surface area contributed by atoms with Crippen LogP contribution >= 0.6 is 24.0 Å². The molecule has 3 heterocycles. The molecule has 0 spiro atoms. The molecule has 1 aromatic rings. The van der Waals surface area contributed by atoms with Crippen LogP contribution in [0.3, 0.4) is 0 Å². The predicted octanol–water partition coefficient (Wildman–Crippen LogP) is 2.57. The van der Waals surface area contributed by atoms with Gasteiger partial charge in [0.05, 0.1) is 12.7 Å². The number of nitrogens with one attached hydrogen (secondary N) is 1. The number of aromatic nitrogens is 1. The Hall–Kier alpha value is -1.34. The molecule has 0 amide bonds. The average Bonchev–Trinajstić information content (AvgIpc) is 2.74. The number of hydrogen-bond acceptors (Lipinski definition) is 5. The van der Waals surface area contributed by atoms with Crippen LogP contribution in [0.15, 0.2) is 23.3 Å². The second-order valence-corrected chi connectivity index (χ2v) is 7.79. The maximum atomic E-state index is 12.9. The van der Waals surface area contributed by atoms with Crippen LogP contribution in [-0.2, 0) is 11.3 Å². The van der Waals surface area contributed by atoms with Crippen molar-refractivity contribution >= 4 is 35.8 Å². The summed E-state index contributed by atoms with van der Waals surface area (Å²) in [7, 11) is 1.69. The van der Waals surface area contributed by atoms with Gasteiger partial charge in [-0.1, -0.05) is 6.07 Å². The SMILES string of the molecule is CN=C(NCc1ccc(N2CCOC(C)C2)nc1)N1CCN(C(C)C(F)(F)F)CC1.I. The van der Waals surface area contributed by atoms with Crippen molar-refractivity contribution in [3.63, 3.8) is 0 Å². The maximum absolute atomic E-state index is 12.9. The zero-order valence-corrected chi connectivity index (χ0v) is 20.6. The summed E-state index contributed by atoms with van der Waals surface area (Å²) in [5.74, 6) is 1.63. The summed E-state index contributed by atoms with van der Waals surface area (Å²) in [4.78, 5) is 14.5. The molecule has 1 aromatic heterocycles. The van der Waals surface area contributed by atoms with Crippen molar-refractivity contribution in [1.29, 1.82) is 0 Å². The number of pyridine rings is 1. The van der Waals surface area contributed by atoms with Crippen LogP contribution in [0, 0.1) is 0 Å². The van der Waals surface area contributed by atoms with E-state index in [4.69, 9.17) is 4.74 Å². The Bertz CT molecular complexity index is 710. The molecule has 2 aliphatic rings. The van der Waals surface area contributed by atoms with Gasteiger partial charge in [-0.3, -0.25) is 9.89 Å². The molecule has 31 heavy (non-hydrogen) atoms. The molecule has 2 fully saturated rings. The molecule has 2 atom stereocenters. The molecule has 0 aromatic carbocycles. The lowest BCUT2D eigenvalue weighted by molar-refractivity contribution is -0.181. The van der Waals surface area contributed by atoms with Crippen molar-refractivity contribution < 1.29 is 17.9 Å². The number of anilines is 1. The first-order valence-electron chi connectivity index (χ1n) is 10.4. The van der Waals surface area contributed by atoms with E-state index in [0.717, 1.165) is 24.5 Å². The van der Waals surface area contributed by atoms with Gasteiger partial charge < -0.3 is 19.9 Å². The van der Waals surface area contributed by atoms with E-state index in [1.807, 2.05) is 23.2 Å². The number of piperazine rings is 1. The molecule has 7 nitrogen and oxygen atoms in total. The third-order valence-corrected chi connectivity index (χ3v) is 5.67. The Labute approximate surface area is 199 Å². The van der Waals surface area contributed by atoms with E-state index < -0.39 is 12.2 Å². The van der Waals surface area contributed by atoms with Gasteiger partial charge in [0.15, 0.2) is 5.96 Å². The van der Waals surface area contributed by atoms with Gasteiger partial charge >= 0.3 is 6.18 Å². The molecular weight excluding hydrogens is 524 g/mol. The van der Waals surface area contributed by atoms with Crippen LogP contribution in [0.4, 0.5) is 19.0 Å². The van der Waals surface area contributed by atoms with Crippen LogP contribution in [0.1, 0.15) is 19.4 Å². The molecule has 11 heteroatoms. The van der Waals surface area contributed by atoms with Crippen molar-refractivity contribution in [3.8, 4) is 0 Å². The third kappa shape index (κ3) is 7.07. The van der Waals surface area contributed by atoms with Gasteiger partial charge in [-0.05, 0) is 25.5 Å². The number of hydrogen-bond donors (Lipinski definition) is 1. The molecule has 0 aliphatic carbocycles. The number of morpholine rings is 1. The van der Waals surface area contributed by atoms with Crippen LogP contribution in [0.5, 0.6) is 0 Å². The lowest BCUT2D eigenvalue weighted by Gasteiger charge is -2.39. The topological polar surface area (TPSA) is 56.2 Å². The van der Waals surface area contributed by atoms with Gasteiger partial charge in [-0.15, -0.1) is 24.0 Å². The van der Waals surface area contributed by atoms with Crippen LogP contribution in [-0.4, -0.2) is 92.0 Å². The summed E-state index contributed by atoms with van der Waals surface area (Å²) in [5.41, 5.74) is 1.02. The number of ether oxygens (including phenoxy) is 1. The molecule has 2 unspecified atom stereocenters. The summed E-state index contributed by atoms with van der Waals surface area (Å²) in [6, 6.07) is 2.62. The highest BCUT2D eigenvalue weighted by molar-refractivity contribution is 14.0. The molecule has 0 radical (unpaired) electrons. The molecule has 2 saturated heterocycles. The first kappa shape index (κ1) is 25.9. The Morgan fingerprint density at radius 2 is 1.97 bits per heavy atom. The highest BCUT2D eigenvalue weighted by Gasteiger charge is 2.41. The summed E-state index contributed by atoms with van der Waals surface area (Å²) < 4.78 is 44.3. The zero-order valence-electron chi connectivity index (χ0n) is 18.2. The van der Waals surface area contributed by atoms with Crippen LogP contribution in [0.2, 0.25) is 0 Å².